The number of carbonyl (C=O) groups is 1. The number of piperazine rings is 1. The fourth-order valence-corrected chi connectivity index (χ4v) is 4.73. The van der Waals surface area contributed by atoms with E-state index in [1.165, 1.54) is 11.8 Å². The van der Waals surface area contributed by atoms with E-state index < -0.39 is 6.03 Å². The summed E-state index contributed by atoms with van der Waals surface area (Å²) in [5.74, 6) is 1.38. The molecular formula is C23H21Cl2N7OS. The number of benzene rings is 2. The van der Waals surface area contributed by atoms with Gasteiger partial charge in [-0.05, 0) is 42.7 Å². The van der Waals surface area contributed by atoms with Gasteiger partial charge in [0.2, 0.25) is 0 Å². The summed E-state index contributed by atoms with van der Waals surface area (Å²) >= 11 is 14.2. The first-order valence-corrected chi connectivity index (χ1v) is 12.6. The third-order valence-electron chi connectivity index (χ3n) is 5.74. The zero-order valence-corrected chi connectivity index (χ0v) is 20.6. The Labute approximate surface area is 210 Å². The average Bonchev–Trinajstić information content (AvgIpc) is 3.23. The maximum atomic E-state index is 11.6. The molecule has 1 aliphatic rings. The van der Waals surface area contributed by atoms with E-state index in [4.69, 9.17) is 43.9 Å². The van der Waals surface area contributed by atoms with Crippen LogP contribution in [0, 0.1) is 0 Å². The number of nitrogens with two attached hydrogens (primary N) is 1. The molecule has 4 aromatic rings. The molecule has 0 aliphatic carbocycles. The van der Waals surface area contributed by atoms with Crippen molar-refractivity contribution < 1.29 is 4.79 Å². The van der Waals surface area contributed by atoms with Gasteiger partial charge >= 0.3 is 6.03 Å². The number of primary amides is 1. The molecule has 11 heteroatoms. The van der Waals surface area contributed by atoms with Crippen LogP contribution in [0.4, 0.5) is 10.6 Å². The maximum absolute atomic E-state index is 11.6. The number of amides is 2. The molecule has 0 atom stereocenters. The van der Waals surface area contributed by atoms with Gasteiger partial charge in [0.25, 0.3) is 0 Å². The van der Waals surface area contributed by atoms with Crippen molar-refractivity contribution in [2.45, 2.75) is 5.16 Å². The lowest BCUT2D eigenvalue weighted by molar-refractivity contribution is 0.204. The number of hydrogen-bond donors (Lipinski definition) is 1. The molecule has 2 N–H and O–H groups in total. The summed E-state index contributed by atoms with van der Waals surface area (Å²) in [4.78, 5) is 30.0. The Hall–Kier alpha value is -3.01. The Morgan fingerprint density at radius 2 is 1.68 bits per heavy atom. The van der Waals surface area contributed by atoms with Crippen molar-refractivity contribution >= 4 is 58.0 Å². The van der Waals surface area contributed by atoms with Gasteiger partial charge < -0.3 is 15.5 Å². The molecule has 0 spiro atoms. The minimum Gasteiger partial charge on any atom is -0.351 e. The van der Waals surface area contributed by atoms with Gasteiger partial charge in [-0.3, -0.25) is 4.57 Å². The van der Waals surface area contributed by atoms with Gasteiger partial charge in [-0.1, -0.05) is 47.1 Å². The van der Waals surface area contributed by atoms with E-state index in [2.05, 4.69) is 4.90 Å². The number of aromatic nitrogens is 4. The van der Waals surface area contributed by atoms with Crippen LogP contribution in [0.2, 0.25) is 10.0 Å². The molecule has 34 heavy (non-hydrogen) atoms. The molecule has 174 valence electrons. The highest BCUT2D eigenvalue weighted by molar-refractivity contribution is 7.98. The second-order valence-corrected chi connectivity index (χ2v) is 9.36. The van der Waals surface area contributed by atoms with Gasteiger partial charge in [-0.2, -0.15) is 0 Å². The molecule has 0 bridgehead atoms. The summed E-state index contributed by atoms with van der Waals surface area (Å²) in [5, 5.41) is 1.85. The molecule has 0 radical (unpaired) electrons. The van der Waals surface area contributed by atoms with Crippen LogP contribution in [0.3, 0.4) is 0 Å². The van der Waals surface area contributed by atoms with E-state index >= 15 is 0 Å². The summed E-state index contributed by atoms with van der Waals surface area (Å²) in [6, 6.07) is 14.7. The highest BCUT2D eigenvalue weighted by atomic mass is 35.5. The fourth-order valence-electron chi connectivity index (χ4n) is 4.03. The summed E-state index contributed by atoms with van der Waals surface area (Å²) in [5.41, 5.74) is 8.44. The molecule has 2 aromatic carbocycles. The van der Waals surface area contributed by atoms with Crippen molar-refractivity contribution in [3.63, 3.8) is 0 Å². The first-order chi connectivity index (χ1) is 16.5. The third-order valence-corrected chi connectivity index (χ3v) is 6.87. The lowest BCUT2D eigenvalue weighted by atomic mass is 10.2. The van der Waals surface area contributed by atoms with Gasteiger partial charge in [0, 0.05) is 42.5 Å². The molecule has 1 aliphatic heterocycles. The number of rotatable bonds is 4. The molecule has 2 aromatic heterocycles. The van der Waals surface area contributed by atoms with E-state index in [1.807, 2.05) is 59.4 Å². The van der Waals surface area contributed by atoms with Crippen LogP contribution in [0.1, 0.15) is 0 Å². The Morgan fingerprint density at radius 1 is 0.971 bits per heavy atom. The predicted molar refractivity (Wildman–Crippen MR) is 137 cm³/mol. The minimum absolute atomic E-state index is 0.412. The molecule has 0 unspecified atom stereocenters. The normalized spacial score (nSPS) is 14.1. The number of imidazole rings is 1. The Balaban J connectivity index is 1.74. The molecule has 3 heterocycles. The quantitative estimate of drug-likeness (QED) is 0.313. The van der Waals surface area contributed by atoms with Crippen molar-refractivity contribution in [2.75, 3.05) is 37.3 Å². The predicted octanol–water partition coefficient (Wildman–Crippen LogP) is 4.71. The number of thioether (sulfide) groups is 1. The SMILES string of the molecule is CSc1nc(N2CCN(C(N)=O)CC2)c2nc(-c3ccccc3Cl)n(-c3ccc(Cl)cc3)c2n1. The van der Waals surface area contributed by atoms with E-state index in [0.29, 0.717) is 58.4 Å². The number of carbonyl (C=O) groups excluding carboxylic acids is 1. The van der Waals surface area contributed by atoms with E-state index in [-0.39, 0.29) is 0 Å². The third kappa shape index (κ3) is 4.15. The highest BCUT2D eigenvalue weighted by Crippen LogP contribution is 2.36. The first-order valence-electron chi connectivity index (χ1n) is 10.6. The molecule has 1 saturated heterocycles. The zero-order chi connectivity index (χ0) is 23.8. The summed E-state index contributed by atoms with van der Waals surface area (Å²) in [7, 11) is 0. The number of hydrogen-bond acceptors (Lipinski definition) is 6. The second kappa shape index (κ2) is 9.32. The Bertz CT molecular complexity index is 1370. The Morgan fingerprint density at radius 3 is 2.32 bits per heavy atom. The van der Waals surface area contributed by atoms with E-state index in [9.17, 15) is 4.79 Å². The lowest BCUT2D eigenvalue weighted by Gasteiger charge is -2.34. The van der Waals surface area contributed by atoms with Gasteiger partial charge in [0.15, 0.2) is 22.1 Å². The average molecular weight is 514 g/mol. The van der Waals surface area contributed by atoms with Crippen LogP contribution < -0.4 is 10.6 Å². The molecule has 5 rings (SSSR count). The maximum Gasteiger partial charge on any atom is 0.314 e. The van der Waals surface area contributed by atoms with Crippen LogP contribution in [0.5, 0.6) is 0 Å². The fraction of sp³-hybridized carbons (Fsp3) is 0.217. The second-order valence-electron chi connectivity index (χ2n) is 7.75. The number of nitrogens with zero attached hydrogens (tertiary/aromatic N) is 6. The summed E-state index contributed by atoms with van der Waals surface area (Å²) in [6.45, 7) is 2.23. The molecule has 8 nitrogen and oxygen atoms in total. The molecule has 1 fully saturated rings. The first kappa shape index (κ1) is 22.8. The van der Waals surface area contributed by atoms with Gasteiger partial charge in [0.05, 0.1) is 5.02 Å². The molecule has 2 amide bonds. The topological polar surface area (TPSA) is 93.2 Å². The highest BCUT2D eigenvalue weighted by Gasteiger charge is 2.27. The van der Waals surface area contributed by atoms with Crippen molar-refractivity contribution in [3.05, 3.63) is 58.6 Å². The summed E-state index contributed by atoms with van der Waals surface area (Å²) in [6.07, 6.45) is 1.94. The van der Waals surface area contributed by atoms with Crippen molar-refractivity contribution in [2.24, 2.45) is 5.73 Å². The van der Waals surface area contributed by atoms with Crippen LogP contribution in [-0.2, 0) is 0 Å². The number of anilines is 1. The van der Waals surface area contributed by atoms with Crippen LogP contribution in [0.15, 0.2) is 53.7 Å². The van der Waals surface area contributed by atoms with E-state index in [0.717, 1.165) is 17.1 Å². The van der Waals surface area contributed by atoms with Crippen LogP contribution in [0.25, 0.3) is 28.2 Å². The van der Waals surface area contributed by atoms with Gasteiger partial charge in [-0.25, -0.2) is 19.7 Å². The minimum atomic E-state index is -0.412. The molecule has 0 saturated carbocycles. The smallest absolute Gasteiger partial charge is 0.314 e. The van der Waals surface area contributed by atoms with Crippen molar-refractivity contribution in [3.8, 4) is 17.1 Å². The van der Waals surface area contributed by atoms with Crippen LogP contribution in [-0.4, -0.2) is 62.9 Å². The number of halogens is 2. The van der Waals surface area contributed by atoms with Gasteiger partial charge in [-0.15, -0.1) is 0 Å². The van der Waals surface area contributed by atoms with Gasteiger partial charge in [0.1, 0.15) is 5.82 Å². The molecular weight excluding hydrogens is 493 g/mol. The zero-order valence-electron chi connectivity index (χ0n) is 18.3. The monoisotopic (exact) mass is 513 g/mol. The van der Waals surface area contributed by atoms with Crippen molar-refractivity contribution in [1.82, 2.24) is 24.4 Å². The summed E-state index contributed by atoms with van der Waals surface area (Å²) < 4.78 is 1.98. The lowest BCUT2D eigenvalue weighted by Crippen LogP contribution is -2.50. The van der Waals surface area contributed by atoms with Crippen LogP contribution >= 0.6 is 35.0 Å². The Kier molecular flexibility index (Phi) is 6.24. The standard InChI is InChI=1S/C23H21Cl2N7OS/c1-34-23-28-20(30-10-12-31(13-11-30)22(26)33)18-21(29-23)32(15-8-6-14(24)7-9-15)19(27-18)16-4-2-3-5-17(16)25/h2-9H,10-13H2,1H3,(H2,26,33). The number of urea groups is 1. The van der Waals surface area contributed by atoms with Crippen molar-refractivity contribution in [1.29, 1.82) is 0 Å². The number of fused-ring (bicyclic) bond motifs is 1. The van der Waals surface area contributed by atoms with E-state index in [1.54, 1.807) is 4.90 Å². The largest absolute Gasteiger partial charge is 0.351 e.